The van der Waals surface area contributed by atoms with Gasteiger partial charge in [0.2, 0.25) is 0 Å². The van der Waals surface area contributed by atoms with E-state index < -0.39 is 5.91 Å². The lowest BCUT2D eigenvalue weighted by Crippen LogP contribution is -2.47. The van der Waals surface area contributed by atoms with E-state index in [4.69, 9.17) is 11.5 Å². The number of nitrogens with two attached hydrogens (primary N) is 2. The van der Waals surface area contributed by atoms with E-state index in [0.29, 0.717) is 11.3 Å². The number of hydrogen-bond acceptors (Lipinski definition) is 4. The molecule has 20 heavy (non-hydrogen) atoms. The van der Waals surface area contributed by atoms with E-state index in [0.717, 1.165) is 12.2 Å². The van der Waals surface area contributed by atoms with E-state index in [-0.39, 0.29) is 5.54 Å². The fourth-order valence-electron chi connectivity index (χ4n) is 2.99. The zero-order valence-electron chi connectivity index (χ0n) is 12.3. The number of likely N-dealkylation sites (N-methyl/N-ethyl adjacent to an activating group) is 1. The molecule has 1 aromatic carbocycles. The molecule has 1 saturated carbocycles. The zero-order valence-corrected chi connectivity index (χ0v) is 12.3. The first kappa shape index (κ1) is 14.7. The molecule has 0 spiro atoms. The van der Waals surface area contributed by atoms with Gasteiger partial charge in [-0.1, -0.05) is 12.8 Å². The Morgan fingerprint density at radius 1 is 1.35 bits per heavy atom. The van der Waals surface area contributed by atoms with Crippen molar-refractivity contribution in [3.05, 3.63) is 23.8 Å². The summed E-state index contributed by atoms with van der Waals surface area (Å²) in [5.74, 6) is -0.454. The number of nitrogens with zero attached hydrogens (tertiary/aromatic N) is 1. The predicted molar refractivity (Wildman–Crippen MR) is 82.7 cm³/mol. The Kier molecular flexibility index (Phi) is 4.18. The molecule has 1 fully saturated rings. The quantitative estimate of drug-likeness (QED) is 0.714. The van der Waals surface area contributed by atoms with Gasteiger partial charge in [-0.3, -0.25) is 4.79 Å². The number of nitrogens with one attached hydrogen (secondary N) is 1. The topological polar surface area (TPSA) is 84.4 Å². The molecule has 0 heterocycles. The number of carbonyl (C=O) groups excluding carboxylic acids is 1. The van der Waals surface area contributed by atoms with Gasteiger partial charge in [-0.05, 0) is 45.1 Å². The van der Waals surface area contributed by atoms with Gasteiger partial charge in [0.05, 0.1) is 5.56 Å². The number of primary amides is 1. The standard InChI is InChI=1S/C15H24N4O/c1-19(2)15(7-3-4-8-15)10-18-13-6-5-11(16)9-12(13)14(17)20/h5-6,9,18H,3-4,7-8,10,16H2,1-2H3,(H2,17,20). The molecule has 2 rings (SSSR count). The molecular formula is C15H24N4O. The maximum Gasteiger partial charge on any atom is 0.250 e. The highest BCUT2D eigenvalue weighted by Gasteiger charge is 2.35. The van der Waals surface area contributed by atoms with Crippen molar-refractivity contribution < 1.29 is 4.79 Å². The molecule has 5 N–H and O–H groups in total. The summed E-state index contributed by atoms with van der Waals surface area (Å²) in [6.45, 7) is 0.810. The fourth-order valence-corrected chi connectivity index (χ4v) is 2.99. The highest BCUT2D eigenvalue weighted by Crippen LogP contribution is 2.34. The molecule has 5 heteroatoms. The van der Waals surface area contributed by atoms with E-state index >= 15 is 0 Å². The van der Waals surface area contributed by atoms with Gasteiger partial charge in [0.15, 0.2) is 0 Å². The van der Waals surface area contributed by atoms with Crippen molar-refractivity contribution in [3.8, 4) is 0 Å². The van der Waals surface area contributed by atoms with Crippen LogP contribution in [0.3, 0.4) is 0 Å². The van der Waals surface area contributed by atoms with Crippen LogP contribution in [0.1, 0.15) is 36.0 Å². The lowest BCUT2D eigenvalue weighted by molar-refractivity contribution is 0.100. The summed E-state index contributed by atoms with van der Waals surface area (Å²) in [7, 11) is 4.23. The van der Waals surface area contributed by atoms with Gasteiger partial charge < -0.3 is 21.7 Å². The number of rotatable bonds is 5. The minimum absolute atomic E-state index is 0.163. The van der Waals surface area contributed by atoms with E-state index in [1.807, 2.05) is 6.07 Å². The maximum atomic E-state index is 11.5. The third kappa shape index (κ3) is 2.88. The summed E-state index contributed by atoms with van der Waals surface area (Å²) >= 11 is 0. The van der Waals surface area contributed by atoms with Crippen LogP contribution in [0.4, 0.5) is 11.4 Å². The maximum absolute atomic E-state index is 11.5. The van der Waals surface area contributed by atoms with Crippen LogP contribution < -0.4 is 16.8 Å². The first-order valence-corrected chi connectivity index (χ1v) is 7.05. The predicted octanol–water partition coefficient (Wildman–Crippen LogP) is 1.65. The number of hydrogen-bond donors (Lipinski definition) is 3. The van der Waals surface area contributed by atoms with Crippen LogP contribution in [0.2, 0.25) is 0 Å². The second-order valence-electron chi connectivity index (χ2n) is 5.85. The average Bonchev–Trinajstić information content (AvgIpc) is 2.87. The summed E-state index contributed by atoms with van der Waals surface area (Å²) in [5, 5.41) is 3.39. The highest BCUT2D eigenvalue weighted by atomic mass is 16.1. The molecule has 1 aliphatic rings. The van der Waals surface area contributed by atoms with Gasteiger partial charge in [-0.2, -0.15) is 0 Å². The Morgan fingerprint density at radius 2 is 2.00 bits per heavy atom. The third-order valence-electron chi connectivity index (χ3n) is 4.40. The van der Waals surface area contributed by atoms with E-state index in [1.165, 1.54) is 25.7 Å². The van der Waals surface area contributed by atoms with Crippen LogP contribution in [0, 0.1) is 0 Å². The van der Waals surface area contributed by atoms with Crippen molar-refractivity contribution in [2.45, 2.75) is 31.2 Å². The van der Waals surface area contributed by atoms with Crippen LogP contribution >= 0.6 is 0 Å². The Labute approximate surface area is 120 Å². The molecule has 5 nitrogen and oxygen atoms in total. The number of benzene rings is 1. The zero-order chi connectivity index (χ0) is 14.8. The lowest BCUT2D eigenvalue weighted by Gasteiger charge is -2.37. The smallest absolute Gasteiger partial charge is 0.250 e. The Balaban J connectivity index is 2.16. The fraction of sp³-hybridized carbons (Fsp3) is 0.533. The van der Waals surface area contributed by atoms with E-state index in [9.17, 15) is 4.79 Å². The molecule has 0 aliphatic heterocycles. The second kappa shape index (κ2) is 5.71. The molecule has 110 valence electrons. The van der Waals surface area contributed by atoms with Crippen LogP contribution in [0.15, 0.2) is 18.2 Å². The largest absolute Gasteiger partial charge is 0.399 e. The third-order valence-corrected chi connectivity index (χ3v) is 4.40. The van der Waals surface area contributed by atoms with Gasteiger partial charge in [-0.15, -0.1) is 0 Å². The van der Waals surface area contributed by atoms with Crippen LogP contribution in [-0.2, 0) is 0 Å². The average molecular weight is 276 g/mol. The Morgan fingerprint density at radius 3 is 2.55 bits per heavy atom. The number of amides is 1. The van der Waals surface area contributed by atoms with Gasteiger partial charge in [-0.25, -0.2) is 0 Å². The van der Waals surface area contributed by atoms with Crippen LogP contribution in [0.25, 0.3) is 0 Å². The van der Waals surface area contributed by atoms with Crippen LogP contribution in [0.5, 0.6) is 0 Å². The van der Waals surface area contributed by atoms with Gasteiger partial charge in [0.1, 0.15) is 0 Å². The van der Waals surface area contributed by atoms with Crippen molar-refractivity contribution in [3.63, 3.8) is 0 Å². The molecule has 0 aromatic heterocycles. The summed E-state index contributed by atoms with van der Waals surface area (Å²) in [4.78, 5) is 13.8. The lowest BCUT2D eigenvalue weighted by atomic mass is 9.95. The van der Waals surface area contributed by atoms with Crippen molar-refractivity contribution in [1.82, 2.24) is 4.90 Å². The number of nitrogen functional groups attached to an aromatic ring is 1. The first-order chi connectivity index (χ1) is 9.44. The normalized spacial score (nSPS) is 17.4. The van der Waals surface area contributed by atoms with Gasteiger partial charge in [0.25, 0.3) is 5.91 Å². The van der Waals surface area contributed by atoms with Crippen LogP contribution in [-0.4, -0.2) is 37.0 Å². The van der Waals surface area contributed by atoms with E-state index in [2.05, 4.69) is 24.3 Å². The monoisotopic (exact) mass is 276 g/mol. The van der Waals surface area contributed by atoms with Crippen molar-refractivity contribution in [1.29, 1.82) is 0 Å². The SMILES string of the molecule is CN(C)C1(CNc2ccc(N)cc2C(N)=O)CCCC1. The molecule has 0 unspecified atom stereocenters. The van der Waals surface area contributed by atoms with Gasteiger partial charge in [0, 0.05) is 23.5 Å². The minimum Gasteiger partial charge on any atom is -0.399 e. The first-order valence-electron chi connectivity index (χ1n) is 7.05. The van der Waals surface area contributed by atoms with Gasteiger partial charge >= 0.3 is 0 Å². The summed E-state index contributed by atoms with van der Waals surface area (Å²) in [6, 6.07) is 5.24. The molecular weight excluding hydrogens is 252 g/mol. The molecule has 1 aliphatic carbocycles. The molecule has 1 aromatic rings. The molecule has 0 saturated heterocycles. The Hall–Kier alpha value is -1.75. The summed E-state index contributed by atoms with van der Waals surface area (Å²) in [6.07, 6.45) is 4.86. The number of carbonyl (C=O) groups is 1. The summed E-state index contributed by atoms with van der Waals surface area (Å²) in [5.41, 5.74) is 13.1. The highest BCUT2D eigenvalue weighted by molar-refractivity contribution is 5.99. The molecule has 0 atom stereocenters. The second-order valence-corrected chi connectivity index (χ2v) is 5.85. The Bertz CT molecular complexity index is 493. The van der Waals surface area contributed by atoms with Crippen molar-refractivity contribution >= 4 is 17.3 Å². The van der Waals surface area contributed by atoms with Crippen molar-refractivity contribution in [2.24, 2.45) is 5.73 Å². The molecule has 0 radical (unpaired) electrons. The molecule has 1 amide bonds. The summed E-state index contributed by atoms with van der Waals surface area (Å²) < 4.78 is 0. The molecule has 0 bridgehead atoms. The van der Waals surface area contributed by atoms with Crippen molar-refractivity contribution in [2.75, 3.05) is 31.7 Å². The van der Waals surface area contributed by atoms with E-state index in [1.54, 1.807) is 12.1 Å². The minimum atomic E-state index is -0.454. The number of anilines is 2.